The smallest absolute Gasteiger partial charge is 0.257 e. The lowest BCUT2D eigenvalue weighted by Gasteiger charge is -2.50. The van der Waals surface area contributed by atoms with Gasteiger partial charge in [0.25, 0.3) is 5.91 Å². The summed E-state index contributed by atoms with van der Waals surface area (Å²) in [6, 6.07) is 4.00. The average molecular weight is 331 g/mol. The molecule has 0 N–H and O–H groups in total. The fraction of sp³-hybridized carbons (Fsp3) is 0.529. The van der Waals surface area contributed by atoms with Crippen LogP contribution in [0.25, 0.3) is 10.6 Å². The van der Waals surface area contributed by atoms with Crippen molar-refractivity contribution in [2.75, 3.05) is 13.1 Å². The highest BCUT2D eigenvalue weighted by Crippen LogP contribution is 2.40. The molecule has 122 valence electrons. The highest BCUT2D eigenvalue weighted by atomic mass is 32.1. The fourth-order valence-corrected chi connectivity index (χ4v) is 4.36. The minimum Gasteiger partial charge on any atom is -0.368 e. The second-order valence-corrected chi connectivity index (χ2v) is 7.64. The van der Waals surface area contributed by atoms with Crippen LogP contribution in [-0.4, -0.2) is 45.4 Å². The molecular formula is C17H21N3O2S. The second kappa shape index (κ2) is 5.46. The Hall–Kier alpha value is -1.66. The van der Waals surface area contributed by atoms with Gasteiger partial charge in [0.2, 0.25) is 0 Å². The van der Waals surface area contributed by atoms with Gasteiger partial charge in [0, 0.05) is 19.8 Å². The largest absolute Gasteiger partial charge is 0.368 e. The summed E-state index contributed by atoms with van der Waals surface area (Å²) in [4.78, 5) is 16.1. The minimum atomic E-state index is -0.0986. The molecule has 1 atom stereocenters. The quantitative estimate of drug-likeness (QED) is 0.850. The maximum atomic E-state index is 13.1. The predicted molar refractivity (Wildman–Crippen MR) is 89.6 cm³/mol. The molecule has 2 aromatic rings. The van der Waals surface area contributed by atoms with Crippen molar-refractivity contribution in [2.45, 2.75) is 37.9 Å². The molecule has 2 aromatic heterocycles. The van der Waals surface area contributed by atoms with Gasteiger partial charge in [-0.15, -0.1) is 11.3 Å². The Morgan fingerprint density at radius 1 is 1.48 bits per heavy atom. The Bertz CT molecular complexity index is 718. The number of carbonyl (C=O) groups excluding carboxylic acids is 1. The van der Waals surface area contributed by atoms with Crippen molar-refractivity contribution in [3.05, 3.63) is 29.3 Å². The van der Waals surface area contributed by atoms with Gasteiger partial charge >= 0.3 is 0 Å². The van der Waals surface area contributed by atoms with Gasteiger partial charge in [0.05, 0.1) is 28.7 Å². The Morgan fingerprint density at radius 2 is 2.30 bits per heavy atom. The number of nitrogens with zero attached hydrogens (tertiary/aromatic N) is 3. The summed E-state index contributed by atoms with van der Waals surface area (Å²) in [5.74, 6) is 0.0722. The molecule has 0 radical (unpaired) electrons. The van der Waals surface area contributed by atoms with Crippen molar-refractivity contribution in [1.82, 2.24) is 14.7 Å². The van der Waals surface area contributed by atoms with Crippen LogP contribution in [0.1, 0.15) is 36.5 Å². The van der Waals surface area contributed by atoms with E-state index in [1.807, 2.05) is 35.7 Å². The molecule has 0 bridgehead atoms. The third-order valence-electron chi connectivity index (χ3n) is 4.77. The van der Waals surface area contributed by atoms with Crippen molar-refractivity contribution in [1.29, 1.82) is 0 Å². The SMILES string of the molecule is CC1CN(C(=O)c2cn(C)nc2-c2cccs2)CC2(CCC2)O1. The van der Waals surface area contributed by atoms with Crippen LogP contribution >= 0.6 is 11.3 Å². The molecule has 5 nitrogen and oxygen atoms in total. The molecule has 1 unspecified atom stereocenters. The molecule has 1 aliphatic carbocycles. The highest BCUT2D eigenvalue weighted by molar-refractivity contribution is 7.13. The van der Waals surface area contributed by atoms with Crippen LogP contribution in [0.2, 0.25) is 0 Å². The first-order chi connectivity index (χ1) is 11.1. The molecule has 1 saturated carbocycles. The second-order valence-electron chi connectivity index (χ2n) is 6.69. The number of ether oxygens (including phenoxy) is 1. The van der Waals surface area contributed by atoms with Crippen molar-refractivity contribution < 1.29 is 9.53 Å². The van der Waals surface area contributed by atoms with E-state index in [1.165, 1.54) is 6.42 Å². The molecular weight excluding hydrogens is 310 g/mol. The maximum Gasteiger partial charge on any atom is 0.257 e. The topological polar surface area (TPSA) is 47.4 Å². The van der Waals surface area contributed by atoms with Crippen LogP contribution in [-0.2, 0) is 11.8 Å². The van der Waals surface area contributed by atoms with E-state index >= 15 is 0 Å². The Kier molecular flexibility index (Phi) is 3.54. The van der Waals surface area contributed by atoms with Gasteiger partial charge in [0.1, 0.15) is 5.69 Å². The summed E-state index contributed by atoms with van der Waals surface area (Å²) in [6.45, 7) is 3.41. The van der Waals surface area contributed by atoms with E-state index in [0.717, 1.165) is 23.4 Å². The van der Waals surface area contributed by atoms with Crippen LogP contribution in [0.3, 0.4) is 0 Å². The van der Waals surface area contributed by atoms with Gasteiger partial charge in [-0.05, 0) is 37.6 Å². The molecule has 1 saturated heterocycles. The lowest BCUT2D eigenvalue weighted by molar-refractivity contribution is -0.176. The minimum absolute atomic E-state index is 0.0722. The van der Waals surface area contributed by atoms with Crippen LogP contribution in [0.4, 0.5) is 0 Å². The molecule has 2 aliphatic rings. The number of morpholine rings is 1. The first-order valence-corrected chi connectivity index (χ1v) is 8.99. The number of aromatic nitrogens is 2. The summed E-state index contributed by atoms with van der Waals surface area (Å²) >= 11 is 1.61. The highest BCUT2D eigenvalue weighted by Gasteiger charge is 2.45. The first-order valence-electron chi connectivity index (χ1n) is 8.11. The van der Waals surface area contributed by atoms with Gasteiger partial charge < -0.3 is 9.64 Å². The number of aryl methyl sites for hydroxylation is 1. The summed E-state index contributed by atoms with van der Waals surface area (Å²) in [5.41, 5.74) is 1.38. The zero-order valence-electron chi connectivity index (χ0n) is 13.5. The number of thiophene rings is 1. The van der Waals surface area contributed by atoms with Crippen molar-refractivity contribution in [3.63, 3.8) is 0 Å². The standard InChI is InChI=1S/C17H21N3O2S/c1-12-9-20(11-17(22-12)6-4-7-17)16(21)13-10-19(2)18-15(13)14-5-3-8-23-14/h3,5,8,10,12H,4,6-7,9,11H2,1-2H3. The monoisotopic (exact) mass is 331 g/mol. The number of amides is 1. The van der Waals surface area contributed by atoms with Crippen LogP contribution in [0, 0.1) is 0 Å². The van der Waals surface area contributed by atoms with E-state index in [2.05, 4.69) is 12.0 Å². The third-order valence-corrected chi connectivity index (χ3v) is 5.65. The molecule has 6 heteroatoms. The van der Waals surface area contributed by atoms with E-state index in [0.29, 0.717) is 18.7 Å². The molecule has 1 aliphatic heterocycles. The number of rotatable bonds is 2. The normalized spacial score (nSPS) is 23.0. The summed E-state index contributed by atoms with van der Waals surface area (Å²) in [6.07, 6.45) is 5.25. The van der Waals surface area contributed by atoms with E-state index in [-0.39, 0.29) is 17.6 Å². The predicted octanol–water partition coefficient (Wildman–Crippen LogP) is 2.93. The van der Waals surface area contributed by atoms with Gasteiger partial charge in [-0.1, -0.05) is 6.07 Å². The van der Waals surface area contributed by atoms with Crippen LogP contribution < -0.4 is 0 Å². The van der Waals surface area contributed by atoms with Crippen LogP contribution in [0.15, 0.2) is 23.7 Å². The third kappa shape index (κ3) is 2.60. The zero-order valence-corrected chi connectivity index (χ0v) is 14.3. The van der Waals surface area contributed by atoms with E-state index in [9.17, 15) is 4.79 Å². The lowest BCUT2D eigenvalue weighted by Crippen LogP contribution is -2.59. The van der Waals surface area contributed by atoms with Crippen molar-refractivity contribution in [2.24, 2.45) is 7.05 Å². The van der Waals surface area contributed by atoms with Gasteiger partial charge in [0.15, 0.2) is 0 Å². The summed E-state index contributed by atoms with van der Waals surface area (Å²) in [7, 11) is 1.86. The first kappa shape index (κ1) is 14.9. The van der Waals surface area contributed by atoms with Crippen molar-refractivity contribution in [3.8, 4) is 10.6 Å². The van der Waals surface area contributed by atoms with E-state index in [4.69, 9.17) is 4.74 Å². The van der Waals surface area contributed by atoms with Crippen LogP contribution in [0.5, 0.6) is 0 Å². The average Bonchev–Trinajstić information content (AvgIpc) is 3.13. The molecule has 23 heavy (non-hydrogen) atoms. The number of hydrogen-bond donors (Lipinski definition) is 0. The van der Waals surface area contributed by atoms with Gasteiger partial charge in [-0.25, -0.2) is 0 Å². The van der Waals surface area contributed by atoms with Crippen molar-refractivity contribution >= 4 is 17.2 Å². The van der Waals surface area contributed by atoms with E-state index < -0.39 is 0 Å². The Balaban J connectivity index is 1.64. The fourth-order valence-electron chi connectivity index (χ4n) is 3.64. The molecule has 2 fully saturated rings. The Morgan fingerprint density at radius 3 is 2.96 bits per heavy atom. The maximum absolute atomic E-state index is 13.1. The Labute approximate surface area is 139 Å². The summed E-state index contributed by atoms with van der Waals surface area (Å²) < 4.78 is 7.85. The molecule has 4 rings (SSSR count). The summed E-state index contributed by atoms with van der Waals surface area (Å²) in [5, 5.41) is 6.52. The molecule has 1 amide bonds. The van der Waals surface area contributed by atoms with E-state index in [1.54, 1.807) is 16.0 Å². The van der Waals surface area contributed by atoms with Gasteiger partial charge in [-0.3, -0.25) is 9.48 Å². The number of carbonyl (C=O) groups is 1. The van der Waals surface area contributed by atoms with Gasteiger partial charge in [-0.2, -0.15) is 5.10 Å². The molecule has 1 spiro atoms. The molecule has 0 aromatic carbocycles. The number of hydrogen-bond acceptors (Lipinski definition) is 4. The molecule has 3 heterocycles. The zero-order chi connectivity index (χ0) is 16.0. The lowest BCUT2D eigenvalue weighted by atomic mass is 9.78.